The van der Waals surface area contributed by atoms with Crippen molar-refractivity contribution in [3.05, 3.63) is 65.4 Å². The van der Waals surface area contributed by atoms with Crippen LogP contribution in [0, 0.1) is 5.92 Å². The summed E-state index contributed by atoms with van der Waals surface area (Å²) < 4.78 is 23.9. The van der Waals surface area contributed by atoms with Gasteiger partial charge in [0.25, 0.3) is 0 Å². The number of piperidine rings is 1. The Kier molecular flexibility index (Phi) is 6.01. The number of aromatic nitrogens is 2. The molecule has 2 aromatic carbocycles. The van der Waals surface area contributed by atoms with Gasteiger partial charge in [0, 0.05) is 24.2 Å². The van der Waals surface area contributed by atoms with Crippen LogP contribution in [-0.2, 0) is 28.6 Å². The van der Waals surface area contributed by atoms with Gasteiger partial charge in [0.1, 0.15) is 0 Å². The Bertz CT molecular complexity index is 1070. The van der Waals surface area contributed by atoms with Gasteiger partial charge in [0.2, 0.25) is 0 Å². The SMILES string of the molecule is CCS(=O)(=O)Cc1cccc(CN2CCC[C@@H](Cc3ccc4[nH]ncc4c3)C2)c1. The van der Waals surface area contributed by atoms with Gasteiger partial charge < -0.3 is 0 Å². The molecule has 2 heterocycles. The van der Waals surface area contributed by atoms with E-state index in [2.05, 4.69) is 45.4 Å². The lowest BCUT2D eigenvalue weighted by atomic mass is 9.90. The van der Waals surface area contributed by atoms with Crippen LogP contribution < -0.4 is 0 Å². The lowest BCUT2D eigenvalue weighted by Crippen LogP contribution is -2.35. The van der Waals surface area contributed by atoms with E-state index >= 15 is 0 Å². The topological polar surface area (TPSA) is 66.1 Å². The van der Waals surface area contributed by atoms with Crippen LogP contribution >= 0.6 is 0 Å². The third kappa shape index (κ3) is 5.25. The van der Waals surface area contributed by atoms with Crippen molar-refractivity contribution in [3.63, 3.8) is 0 Å². The van der Waals surface area contributed by atoms with E-state index in [1.165, 1.54) is 29.4 Å². The fraction of sp³-hybridized carbons (Fsp3) is 0.435. The Hall–Kier alpha value is -2.18. The number of H-pyrrole nitrogens is 1. The number of sulfone groups is 1. The van der Waals surface area contributed by atoms with Gasteiger partial charge in [-0.05, 0) is 60.5 Å². The van der Waals surface area contributed by atoms with Gasteiger partial charge in [-0.3, -0.25) is 10.00 Å². The summed E-state index contributed by atoms with van der Waals surface area (Å²) in [5, 5.41) is 8.30. The average molecular weight is 412 g/mol. The number of hydrogen-bond acceptors (Lipinski definition) is 4. The van der Waals surface area contributed by atoms with Gasteiger partial charge >= 0.3 is 0 Å². The molecule has 0 spiro atoms. The summed E-state index contributed by atoms with van der Waals surface area (Å²) in [6.45, 7) is 4.78. The number of aromatic amines is 1. The number of benzene rings is 2. The van der Waals surface area contributed by atoms with E-state index in [1.807, 2.05) is 18.3 Å². The first-order valence-electron chi connectivity index (χ1n) is 10.4. The molecule has 1 aromatic heterocycles. The molecular formula is C23H29N3O2S. The van der Waals surface area contributed by atoms with E-state index < -0.39 is 9.84 Å². The molecule has 1 atom stereocenters. The van der Waals surface area contributed by atoms with Gasteiger partial charge in [-0.1, -0.05) is 37.3 Å². The molecule has 3 aromatic rings. The molecule has 0 radical (unpaired) electrons. The van der Waals surface area contributed by atoms with E-state index in [0.717, 1.165) is 37.1 Å². The van der Waals surface area contributed by atoms with Crippen LogP contribution in [0.4, 0.5) is 0 Å². The molecule has 0 unspecified atom stereocenters. The molecule has 1 N–H and O–H groups in total. The van der Waals surface area contributed by atoms with Gasteiger partial charge in [0.05, 0.1) is 17.5 Å². The number of likely N-dealkylation sites (tertiary alicyclic amines) is 1. The molecule has 0 saturated carbocycles. The Morgan fingerprint density at radius 3 is 2.86 bits per heavy atom. The monoisotopic (exact) mass is 411 g/mol. The number of nitrogens with one attached hydrogen (secondary N) is 1. The highest BCUT2D eigenvalue weighted by atomic mass is 32.2. The summed E-state index contributed by atoms with van der Waals surface area (Å²) in [6, 6.07) is 14.6. The second kappa shape index (κ2) is 8.67. The number of fused-ring (bicyclic) bond motifs is 1. The van der Waals surface area contributed by atoms with Crippen molar-refractivity contribution >= 4 is 20.7 Å². The maximum Gasteiger partial charge on any atom is 0.154 e. The van der Waals surface area contributed by atoms with Crippen LogP contribution in [0.3, 0.4) is 0 Å². The third-order valence-electron chi connectivity index (χ3n) is 5.86. The molecule has 6 heteroatoms. The molecule has 29 heavy (non-hydrogen) atoms. The van der Waals surface area contributed by atoms with Crippen molar-refractivity contribution in [1.29, 1.82) is 0 Å². The normalized spacial score (nSPS) is 18.3. The first-order valence-corrected chi connectivity index (χ1v) is 12.3. The highest BCUT2D eigenvalue weighted by molar-refractivity contribution is 7.90. The standard InChI is InChI=1S/C23H29N3O2S/c1-2-29(27,28)17-21-6-3-5-19(12-21)15-26-10-4-7-20(16-26)11-18-8-9-23-22(13-18)14-24-25-23/h3,5-6,8-9,12-14,20H,2,4,7,10-11,15-17H2,1H3,(H,24,25)/t20-/m0/s1. The molecule has 1 fully saturated rings. The molecular weight excluding hydrogens is 382 g/mol. The second-order valence-corrected chi connectivity index (χ2v) is 10.6. The lowest BCUT2D eigenvalue weighted by Gasteiger charge is -2.33. The molecule has 0 aliphatic carbocycles. The molecule has 1 aliphatic rings. The average Bonchev–Trinajstić information content (AvgIpc) is 3.16. The van der Waals surface area contributed by atoms with Gasteiger partial charge in [0.15, 0.2) is 9.84 Å². The summed E-state index contributed by atoms with van der Waals surface area (Å²) in [4.78, 5) is 2.51. The minimum Gasteiger partial charge on any atom is -0.299 e. The summed E-state index contributed by atoms with van der Waals surface area (Å²) in [5.41, 5.74) is 4.56. The smallest absolute Gasteiger partial charge is 0.154 e. The number of rotatable bonds is 7. The Morgan fingerprint density at radius 1 is 1.14 bits per heavy atom. The first kappa shape index (κ1) is 20.1. The maximum absolute atomic E-state index is 11.9. The fourth-order valence-electron chi connectivity index (χ4n) is 4.35. The van der Waals surface area contributed by atoms with E-state index in [-0.39, 0.29) is 11.5 Å². The Balaban J connectivity index is 1.38. The third-order valence-corrected chi connectivity index (χ3v) is 7.51. The van der Waals surface area contributed by atoms with Crippen LogP contribution in [-0.4, -0.2) is 42.4 Å². The summed E-state index contributed by atoms with van der Waals surface area (Å²) in [5.74, 6) is 0.975. The van der Waals surface area contributed by atoms with Gasteiger partial charge in [-0.2, -0.15) is 5.10 Å². The first-order chi connectivity index (χ1) is 14.0. The van der Waals surface area contributed by atoms with Crippen LogP contribution in [0.5, 0.6) is 0 Å². The van der Waals surface area contributed by atoms with Crippen LogP contribution in [0.1, 0.15) is 36.5 Å². The van der Waals surface area contributed by atoms with Crippen molar-refractivity contribution in [1.82, 2.24) is 15.1 Å². The molecule has 5 nitrogen and oxygen atoms in total. The number of hydrogen-bond donors (Lipinski definition) is 1. The Morgan fingerprint density at radius 2 is 2.00 bits per heavy atom. The molecule has 4 rings (SSSR count). The largest absolute Gasteiger partial charge is 0.299 e. The summed E-state index contributed by atoms with van der Waals surface area (Å²) in [6.07, 6.45) is 5.45. The lowest BCUT2D eigenvalue weighted by molar-refractivity contribution is 0.167. The van der Waals surface area contributed by atoms with Gasteiger partial charge in [-0.15, -0.1) is 0 Å². The van der Waals surface area contributed by atoms with Crippen LogP contribution in [0.2, 0.25) is 0 Å². The maximum atomic E-state index is 11.9. The van der Waals surface area contributed by atoms with E-state index in [0.29, 0.717) is 5.92 Å². The Labute approximate surface area is 173 Å². The van der Waals surface area contributed by atoms with Crippen molar-refractivity contribution < 1.29 is 8.42 Å². The summed E-state index contributed by atoms with van der Waals surface area (Å²) >= 11 is 0. The molecule has 1 aliphatic heterocycles. The molecule has 154 valence electrons. The zero-order chi connectivity index (χ0) is 20.3. The highest BCUT2D eigenvalue weighted by Gasteiger charge is 2.21. The highest BCUT2D eigenvalue weighted by Crippen LogP contribution is 2.24. The van der Waals surface area contributed by atoms with Crippen molar-refractivity contribution in [2.45, 2.75) is 38.5 Å². The second-order valence-electron chi connectivity index (χ2n) is 8.24. The van der Waals surface area contributed by atoms with Crippen molar-refractivity contribution in [2.75, 3.05) is 18.8 Å². The van der Waals surface area contributed by atoms with E-state index in [1.54, 1.807) is 6.92 Å². The zero-order valence-electron chi connectivity index (χ0n) is 17.0. The van der Waals surface area contributed by atoms with E-state index in [4.69, 9.17) is 0 Å². The zero-order valence-corrected chi connectivity index (χ0v) is 17.8. The van der Waals surface area contributed by atoms with Crippen LogP contribution in [0.25, 0.3) is 10.9 Å². The van der Waals surface area contributed by atoms with Crippen LogP contribution in [0.15, 0.2) is 48.7 Å². The predicted molar refractivity (Wildman–Crippen MR) is 117 cm³/mol. The minimum atomic E-state index is -3.00. The van der Waals surface area contributed by atoms with Crippen molar-refractivity contribution in [2.24, 2.45) is 5.92 Å². The fourth-order valence-corrected chi connectivity index (χ4v) is 5.24. The minimum absolute atomic E-state index is 0.135. The van der Waals surface area contributed by atoms with E-state index in [9.17, 15) is 8.42 Å². The number of nitrogens with zero attached hydrogens (tertiary/aromatic N) is 2. The predicted octanol–water partition coefficient (Wildman–Crippen LogP) is 3.95. The molecule has 0 bridgehead atoms. The van der Waals surface area contributed by atoms with Gasteiger partial charge in [-0.25, -0.2) is 8.42 Å². The summed E-state index contributed by atoms with van der Waals surface area (Å²) in [7, 11) is -3.00. The quantitative estimate of drug-likeness (QED) is 0.639. The molecule has 0 amide bonds. The molecule has 1 saturated heterocycles. The van der Waals surface area contributed by atoms with Crippen molar-refractivity contribution in [3.8, 4) is 0 Å².